The van der Waals surface area contributed by atoms with E-state index in [9.17, 15) is 14.7 Å². The van der Waals surface area contributed by atoms with Gasteiger partial charge < -0.3 is 5.11 Å². The summed E-state index contributed by atoms with van der Waals surface area (Å²) in [7, 11) is 0. The van der Waals surface area contributed by atoms with Crippen LogP contribution in [0.3, 0.4) is 0 Å². The summed E-state index contributed by atoms with van der Waals surface area (Å²) in [6, 6.07) is 15.5. The first-order chi connectivity index (χ1) is 15.5. The number of aryl methyl sites for hydroxylation is 1. The Kier molecular flexibility index (Phi) is 5.33. The van der Waals surface area contributed by atoms with Gasteiger partial charge in [-0.2, -0.15) is 0 Å². The largest absolute Gasteiger partial charge is 0.507 e. The van der Waals surface area contributed by atoms with Crippen molar-refractivity contribution in [2.24, 2.45) is 0 Å². The van der Waals surface area contributed by atoms with Crippen molar-refractivity contribution in [1.82, 2.24) is 4.98 Å². The van der Waals surface area contributed by atoms with Crippen LogP contribution in [0, 0.1) is 0 Å². The summed E-state index contributed by atoms with van der Waals surface area (Å²) in [5.41, 5.74) is 2.41. The third-order valence-corrected chi connectivity index (χ3v) is 7.62. The lowest BCUT2D eigenvalue weighted by Gasteiger charge is -2.21. The molecule has 0 unspecified atom stereocenters. The van der Waals surface area contributed by atoms with E-state index in [1.807, 2.05) is 29.6 Å². The van der Waals surface area contributed by atoms with Gasteiger partial charge in [-0.25, -0.2) is 4.98 Å². The van der Waals surface area contributed by atoms with Gasteiger partial charge in [0.2, 0.25) is 0 Å². The van der Waals surface area contributed by atoms with Crippen molar-refractivity contribution >= 4 is 67.1 Å². The number of amides is 1. The zero-order valence-electron chi connectivity index (χ0n) is 16.9. The summed E-state index contributed by atoms with van der Waals surface area (Å²) in [5, 5.41) is 13.9. The molecule has 0 saturated carbocycles. The number of hydrogen-bond acceptors (Lipinski definition) is 6. The molecule has 2 aromatic carbocycles. The first-order valence-corrected chi connectivity index (χ1v) is 12.0. The van der Waals surface area contributed by atoms with Gasteiger partial charge in [0.25, 0.3) is 5.78 Å². The van der Waals surface area contributed by atoms with Crippen LogP contribution in [-0.2, 0) is 16.0 Å². The number of aromatic nitrogens is 1. The van der Waals surface area contributed by atoms with E-state index in [1.165, 1.54) is 33.1 Å². The number of fused-ring (bicyclic) bond motifs is 1. The van der Waals surface area contributed by atoms with Crippen LogP contribution in [0.2, 0.25) is 5.02 Å². The predicted octanol–water partition coefficient (Wildman–Crippen LogP) is 6.20. The second kappa shape index (κ2) is 8.16. The highest BCUT2D eigenvalue weighted by Gasteiger charge is 2.48. The molecule has 160 valence electrons. The zero-order valence-corrected chi connectivity index (χ0v) is 19.3. The molecule has 5 rings (SSSR count). The number of carbonyl (C=O) groups is 2. The van der Waals surface area contributed by atoms with Crippen molar-refractivity contribution in [3.63, 3.8) is 0 Å². The number of benzene rings is 2. The number of rotatable bonds is 4. The van der Waals surface area contributed by atoms with Crippen molar-refractivity contribution in [1.29, 1.82) is 0 Å². The fraction of sp³-hybridized carbons (Fsp3) is 0.125. The molecule has 32 heavy (non-hydrogen) atoms. The standard InChI is InChI=1S/C24H17ClN2O3S2/c1-2-13-5-10-16-18(12-13)32-24(26-16)27-20(17-4-3-11-31-17)19(22(29)23(27)30)21(28)14-6-8-15(25)9-7-14/h3-12,20,28H,2H2,1H3/b21-19+/t20-/m1/s1. The molecule has 0 aliphatic carbocycles. The van der Waals surface area contributed by atoms with Crippen molar-refractivity contribution in [3.8, 4) is 0 Å². The van der Waals surface area contributed by atoms with Crippen LogP contribution in [0.1, 0.15) is 29.0 Å². The average molecular weight is 481 g/mol. The molecule has 1 aliphatic rings. The van der Waals surface area contributed by atoms with Crippen molar-refractivity contribution < 1.29 is 14.7 Å². The van der Waals surface area contributed by atoms with Crippen molar-refractivity contribution in [2.45, 2.75) is 19.4 Å². The Morgan fingerprint density at radius 2 is 1.94 bits per heavy atom. The van der Waals surface area contributed by atoms with Gasteiger partial charge in [0, 0.05) is 15.5 Å². The molecule has 8 heteroatoms. The highest BCUT2D eigenvalue weighted by atomic mass is 35.5. The number of aliphatic hydroxyl groups excluding tert-OH is 1. The lowest BCUT2D eigenvalue weighted by Crippen LogP contribution is -2.28. The first kappa shape index (κ1) is 20.9. The Morgan fingerprint density at radius 1 is 1.16 bits per heavy atom. The van der Waals surface area contributed by atoms with Crippen LogP contribution in [0.15, 0.2) is 65.6 Å². The molecule has 2 aromatic heterocycles. The van der Waals surface area contributed by atoms with Crippen LogP contribution in [0.4, 0.5) is 5.13 Å². The van der Waals surface area contributed by atoms with Crippen LogP contribution in [-0.4, -0.2) is 21.8 Å². The minimum absolute atomic E-state index is 0.0493. The van der Waals surface area contributed by atoms with Crippen LogP contribution >= 0.6 is 34.3 Å². The first-order valence-electron chi connectivity index (χ1n) is 9.97. The summed E-state index contributed by atoms with van der Waals surface area (Å²) < 4.78 is 0.948. The maximum absolute atomic E-state index is 13.2. The molecule has 1 aliphatic heterocycles. The number of halogens is 1. The average Bonchev–Trinajstić information content (AvgIpc) is 3.52. The number of ketones is 1. The molecule has 5 nitrogen and oxygen atoms in total. The number of Topliss-reactive ketones (excluding diaryl/α,β-unsaturated/α-hetero) is 1. The number of anilines is 1. The Balaban J connectivity index is 1.69. The molecule has 1 N–H and O–H groups in total. The molecule has 0 spiro atoms. The second-order valence-electron chi connectivity index (χ2n) is 7.34. The summed E-state index contributed by atoms with van der Waals surface area (Å²) in [5.74, 6) is -1.66. The highest BCUT2D eigenvalue weighted by molar-refractivity contribution is 7.22. The minimum Gasteiger partial charge on any atom is -0.507 e. The zero-order chi connectivity index (χ0) is 22.4. The van der Waals surface area contributed by atoms with E-state index in [0.29, 0.717) is 15.7 Å². The van der Waals surface area contributed by atoms with E-state index in [1.54, 1.807) is 24.3 Å². The Bertz CT molecular complexity index is 1370. The Hall–Kier alpha value is -3.00. The van der Waals surface area contributed by atoms with Gasteiger partial charge in [-0.15, -0.1) is 11.3 Å². The molecule has 1 amide bonds. The highest BCUT2D eigenvalue weighted by Crippen LogP contribution is 2.45. The predicted molar refractivity (Wildman–Crippen MR) is 130 cm³/mol. The quantitative estimate of drug-likeness (QED) is 0.214. The summed E-state index contributed by atoms with van der Waals surface area (Å²) >= 11 is 8.75. The molecule has 4 aromatic rings. The van der Waals surface area contributed by atoms with Crippen LogP contribution in [0.5, 0.6) is 0 Å². The van der Waals surface area contributed by atoms with Crippen LogP contribution < -0.4 is 4.90 Å². The third-order valence-electron chi connectivity index (χ3n) is 5.43. The number of nitrogens with zero attached hydrogens (tertiary/aromatic N) is 2. The SMILES string of the molecule is CCc1ccc2nc(N3C(=O)C(=O)/C(=C(/O)c4ccc(Cl)cc4)[C@H]3c3cccs3)sc2c1. The molecule has 0 radical (unpaired) electrons. The number of hydrogen-bond donors (Lipinski definition) is 1. The second-order valence-corrected chi connectivity index (χ2v) is 9.77. The monoisotopic (exact) mass is 480 g/mol. The summed E-state index contributed by atoms with van der Waals surface area (Å²) in [6.45, 7) is 2.08. The summed E-state index contributed by atoms with van der Waals surface area (Å²) in [6.07, 6.45) is 0.893. The normalized spacial score (nSPS) is 18.1. The number of aliphatic hydroxyl groups is 1. The van der Waals surface area contributed by atoms with Gasteiger partial charge in [0.15, 0.2) is 5.13 Å². The molecule has 1 saturated heterocycles. The topological polar surface area (TPSA) is 70.5 Å². The number of thiophene rings is 1. The lowest BCUT2D eigenvalue weighted by atomic mass is 10.00. The van der Waals surface area contributed by atoms with Crippen LogP contribution in [0.25, 0.3) is 16.0 Å². The Labute approximate surface area is 197 Å². The Morgan fingerprint density at radius 3 is 2.62 bits per heavy atom. The van der Waals surface area contributed by atoms with Gasteiger partial charge in [0.05, 0.1) is 15.8 Å². The molecule has 1 atom stereocenters. The van der Waals surface area contributed by atoms with Gasteiger partial charge in [-0.3, -0.25) is 14.5 Å². The maximum Gasteiger partial charge on any atom is 0.301 e. The van der Waals surface area contributed by atoms with E-state index >= 15 is 0 Å². The van der Waals surface area contributed by atoms with E-state index in [2.05, 4.69) is 18.0 Å². The third kappa shape index (κ3) is 3.43. The molecular weight excluding hydrogens is 464 g/mol. The molecule has 1 fully saturated rings. The van der Waals surface area contributed by atoms with E-state index in [4.69, 9.17) is 11.6 Å². The summed E-state index contributed by atoms with van der Waals surface area (Å²) in [4.78, 5) is 33.2. The van der Waals surface area contributed by atoms with E-state index in [-0.39, 0.29) is 11.3 Å². The minimum atomic E-state index is -0.753. The smallest absolute Gasteiger partial charge is 0.301 e. The lowest BCUT2D eigenvalue weighted by molar-refractivity contribution is -0.132. The molecule has 3 heterocycles. The fourth-order valence-corrected chi connectivity index (χ4v) is 5.79. The van der Waals surface area contributed by atoms with Crippen molar-refractivity contribution in [3.05, 3.63) is 86.6 Å². The van der Waals surface area contributed by atoms with Gasteiger partial charge in [0.1, 0.15) is 11.8 Å². The number of carbonyl (C=O) groups excluding carboxylic acids is 2. The van der Waals surface area contributed by atoms with Gasteiger partial charge in [-0.05, 0) is 59.8 Å². The fourth-order valence-electron chi connectivity index (χ4n) is 3.79. The van der Waals surface area contributed by atoms with E-state index in [0.717, 1.165) is 21.5 Å². The molecule has 0 bridgehead atoms. The number of thiazole rings is 1. The molecular formula is C24H17ClN2O3S2. The van der Waals surface area contributed by atoms with E-state index < -0.39 is 17.7 Å². The van der Waals surface area contributed by atoms with Gasteiger partial charge in [-0.1, -0.05) is 42.0 Å². The van der Waals surface area contributed by atoms with Gasteiger partial charge >= 0.3 is 5.91 Å². The maximum atomic E-state index is 13.2. The van der Waals surface area contributed by atoms with Crippen molar-refractivity contribution in [2.75, 3.05) is 4.90 Å².